The number of amides is 1. The molecule has 9 heteroatoms. The van der Waals surface area contributed by atoms with Gasteiger partial charge >= 0.3 is 0 Å². The van der Waals surface area contributed by atoms with E-state index in [0.717, 1.165) is 6.07 Å². The Morgan fingerprint density at radius 3 is 2.26 bits per heavy atom. The Hall–Kier alpha value is -2.94. The van der Waals surface area contributed by atoms with Gasteiger partial charge < -0.3 is 5.32 Å². The number of hydrogen-bond acceptors (Lipinski definition) is 5. The first kappa shape index (κ1) is 20.4. The Morgan fingerprint density at radius 2 is 1.70 bits per heavy atom. The number of nitrogens with one attached hydrogen (secondary N) is 2. The van der Waals surface area contributed by atoms with Crippen LogP contribution in [0.5, 0.6) is 0 Å². The number of nitro benzene ring substituents is 1. The van der Waals surface area contributed by atoms with E-state index in [1.807, 2.05) is 20.8 Å². The number of nitro groups is 1. The molecule has 0 aliphatic rings. The molecule has 27 heavy (non-hydrogen) atoms. The predicted octanol–water partition coefficient (Wildman–Crippen LogP) is 3.17. The van der Waals surface area contributed by atoms with Crippen LogP contribution in [0.2, 0.25) is 0 Å². The summed E-state index contributed by atoms with van der Waals surface area (Å²) in [4.78, 5) is 22.1. The molecule has 0 saturated carbocycles. The summed E-state index contributed by atoms with van der Waals surface area (Å²) in [5, 5.41) is 13.7. The Kier molecular flexibility index (Phi) is 6.17. The van der Waals surface area contributed by atoms with Crippen molar-refractivity contribution in [3.8, 4) is 0 Å². The number of non-ortho nitro benzene ring substituents is 1. The molecule has 1 unspecified atom stereocenters. The number of carbonyl (C=O) groups is 1. The molecule has 2 N–H and O–H groups in total. The van der Waals surface area contributed by atoms with E-state index in [-0.39, 0.29) is 34.1 Å². The number of rotatable bonds is 7. The number of nitrogens with zero attached hydrogens (tertiary/aromatic N) is 1. The van der Waals surface area contributed by atoms with Crippen molar-refractivity contribution in [1.29, 1.82) is 0 Å². The maximum atomic E-state index is 12.4. The van der Waals surface area contributed by atoms with E-state index in [9.17, 15) is 23.3 Å². The maximum Gasteiger partial charge on any atom is 0.270 e. The fourth-order valence-electron chi connectivity index (χ4n) is 2.12. The summed E-state index contributed by atoms with van der Waals surface area (Å²) in [5.74, 6) is 0.0410. The normalized spacial score (nSPS) is 12.4. The molecule has 144 valence electrons. The predicted molar refractivity (Wildman–Crippen MR) is 102 cm³/mol. The van der Waals surface area contributed by atoms with E-state index in [1.54, 1.807) is 0 Å². The maximum absolute atomic E-state index is 12.4. The van der Waals surface area contributed by atoms with Crippen LogP contribution in [0.25, 0.3) is 0 Å². The van der Waals surface area contributed by atoms with Gasteiger partial charge in [-0.15, -0.1) is 0 Å². The van der Waals surface area contributed by atoms with Gasteiger partial charge in [0.15, 0.2) is 0 Å². The standard InChI is InChI=1S/C18H21N3O5S/c1-12(2)13(3)19-18(22)14-7-9-15(10-8-14)20-27(25,26)17-6-4-5-16(11-17)21(23)24/h4-13,20H,1-3H3,(H,19,22). The van der Waals surface area contributed by atoms with Crippen molar-refractivity contribution in [3.05, 3.63) is 64.2 Å². The summed E-state index contributed by atoms with van der Waals surface area (Å²) in [6.45, 7) is 5.90. The van der Waals surface area contributed by atoms with Gasteiger partial charge in [-0.25, -0.2) is 8.42 Å². The van der Waals surface area contributed by atoms with Crippen molar-refractivity contribution in [1.82, 2.24) is 5.32 Å². The van der Waals surface area contributed by atoms with Crippen LogP contribution >= 0.6 is 0 Å². The quantitative estimate of drug-likeness (QED) is 0.555. The van der Waals surface area contributed by atoms with Crippen LogP contribution in [0.3, 0.4) is 0 Å². The number of benzene rings is 2. The van der Waals surface area contributed by atoms with Crippen LogP contribution in [0.15, 0.2) is 53.4 Å². The molecule has 0 aliphatic heterocycles. The summed E-state index contributed by atoms with van der Waals surface area (Å²) >= 11 is 0. The molecule has 0 aromatic heterocycles. The summed E-state index contributed by atoms with van der Waals surface area (Å²) < 4.78 is 27.1. The number of anilines is 1. The highest BCUT2D eigenvalue weighted by atomic mass is 32.2. The van der Waals surface area contributed by atoms with Gasteiger partial charge in [0, 0.05) is 29.4 Å². The first-order valence-corrected chi connectivity index (χ1v) is 9.76. The van der Waals surface area contributed by atoms with Crippen LogP contribution in [-0.4, -0.2) is 25.3 Å². The molecular formula is C18H21N3O5S. The van der Waals surface area contributed by atoms with Crippen LogP contribution in [0.4, 0.5) is 11.4 Å². The lowest BCUT2D eigenvalue weighted by Crippen LogP contribution is -2.36. The molecule has 1 amide bonds. The zero-order valence-electron chi connectivity index (χ0n) is 15.2. The third kappa shape index (κ3) is 5.27. The number of hydrogen-bond donors (Lipinski definition) is 2. The van der Waals surface area contributed by atoms with Crippen LogP contribution < -0.4 is 10.0 Å². The molecular weight excluding hydrogens is 370 g/mol. The monoisotopic (exact) mass is 391 g/mol. The largest absolute Gasteiger partial charge is 0.349 e. The van der Waals surface area contributed by atoms with E-state index in [4.69, 9.17) is 0 Å². The molecule has 2 aromatic rings. The molecule has 0 heterocycles. The third-order valence-electron chi connectivity index (χ3n) is 4.10. The molecule has 0 saturated heterocycles. The first-order chi connectivity index (χ1) is 12.6. The molecule has 2 aromatic carbocycles. The Bertz CT molecular complexity index is 940. The minimum Gasteiger partial charge on any atom is -0.349 e. The fraction of sp³-hybridized carbons (Fsp3) is 0.278. The lowest BCUT2D eigenvalue weighted by molar-refractivity contribution is -0.385. The highest BCUT2D eigenvalue weighted by Gasteiger charge is 2.18. The molecule has 8 nitrogen and oxygen atoms in total. The van der Waals surface area contributed by atoms with Gasteiger partial charge in [0.25, 0.3) is 21.6 Å². The van der Waals surface area contributed by atoms with Crippen molar-refractivity contribution in [2.75, 3.05) is 4.72 Å². The molecule has 2 rings (SSSR count). The highest BCUT2D eigenvalue weighted by molar-refractivity contribution is 7.92. The van der Waals surface area contributed by atoms with E-state index >= 15 is 0 Å². The highest BCUT2D eigenvalue weighted by Crippen LogP contribution is 2.20. The van der Waals surface area contributed by atoms with Crippen molar-refractivity contribution in [2.45, 2.75) is 31.7 Å². The van der Waals surface area contributed by atoms with Crippen LogP contribution in [-0.2, 0) is 10.0 Å². The topological polar surface area (TPSA) is 118 Å². The van der Waals surface area contributed by atoms with E-state index < -0.39 is 14.9 Å². The summed E-state index contributed by atoms with van der Waals surface area (Å²) in [6, 6.07) is 10.7. The molecule has 1 atom stereocenters. The second-order valence-corrected chi connectivity index (χ2v) is 8.13. The minimum atomic E-state index is -3.99. The second kappa shape index (κ2) is 8.17. The van der Waals surface area contributed by atoms with Crippen LogP contribution in [0, 0.1) is 16.0 Å². The summed E-state index contributed by atoms with van der Waals surface area (Å²) in [5.41, 5.74) is 0.333. The first-order valence-electron chi connectivity index (χ1n) is 8.28. The van der Waals surface area contributed by atoms with E-state index in [0.29, 0.717) is 5.56 Å². The average Bonchev–Trinajstić information content (AvgIpc) is 2.61. The lowest BCUT2D eigenvalue weighted by atomic mass is 10.1. The zero-order chi connectivity index (χ0) is 20.2. The molecule has 0 bridgehead atoms. The van der Waals surface area contributed by atoms with E-state index in [2.05, 4.69) is 10.0 Å². The molecule has 0 spiro atoms. The molecule has 0 fully saturated rings. The number of sulfonamides is 1. The summed E-state index contributed by atoms with van der Waals surface area (Å²) in [6.07, 6.45) is 0. The fourth-order valence-corrected chi connectivity index (χ4v) is 3.22. The number of carbonyl (C=O) groups excluding carboxylic acids is 1. The van der Waals surface area contributed by atoms with Gasteiger partial charge in [-0.1, -0.05) is 19.9 Å². The SMILES string of the molecule is CC(C)C(C)NC(=O)c1ccc(NS(=O)(=O)c2cccc([N+](=O)[O-])c2)cc1. The van der Waals surface area contributed by atoms with Gasteiger partial charge in [-0.3, -0.25) is 19.6 Å². The van der Waals surface area contributed by atoms with Gasteiger partial charge in [-0.2, -0.15) is 0 Å². The van der Waals surface area contributed by atoms with Gasteiger partial charge in [-0.05, 0) is 43.2 Å². The summed E-state index contributed by atoms with van der Waals surface area (Å²) in [7, 11) is -3.99. The van der Waals surface area contributed by atoms with Crippen molar-refractivity contribution < 1.29 is 18.1 Å². The minimum absolute atomic E-state index is 0.00421. The van der Waals surface area contributed by atoms with Gasteiger partial charge in [0.1, 0.15) is 0 Å². The Morgan fingerprint density at radius 1 is 1.07 bits per heavy atom. The lowest BCUT2D eigenvalue weighted by Gasteiger charge is -2.17. The zero-order valence-corrected chi connectivity index (χ0v) is 16.0. The molecule has 0 aliphatic carbocycles. The average molecular weight is 391 g/mol. The van der Waals surface area contributed by atoms with Crippen LogP contribution in [0.1, 0.15) is 31.1 Å². The van der Waals surface area contributed by atoms with E-state index in [1.165, 1.54) is 42.5 Å². The van der Waals surface area contributed by atoms with Gasteiger partial charge in [0.2, 0.25) is 0 Å². The van der Waals surface area contributed by atoms with Crippen molar-refractivity contribution in [2.24, 2.45) is 5.92 Å². The Balaban J connectivity index is 2.15. The Labute approximate surface area is 157 Å². The smallest absolute Gasteiger partial charge is 0.270 e. The van der Waals surface area contributed by atoms with Crippen molar-refractivity contribution >= 4 is 27.3 Å². The molecule has 0 radical (unpaired) electrons. The second-order valence-electron chi connectivity index (χ2n) is 6.44. The van der Waals surface area contributed by atoms with Crippen molar-refractivity contribution in [3.63, 3.8) is 0 Å². The van der Waals surface area contributed by atoms with Gasteiger partial charge in [0.05, 0.1) is 9.82 Å². The third-order valence-corrected chi connectivity index (χ3v) is 5.48.